The molecule has 9 heteroatoms. The summed E-state index contributed by atoms with van der Waals surface area (Å²) >= 11 is 0. The van der Waals surface area contributed by atoms with E-state index in [1.54, 1.807) is 30.7 Å². The second kappa shape index (κ2) is 8.39. The highest BCUT2D eigenvalue weighted by Crippen LogP contribution is 2.34. The van der Waals surface area contributed by atoms with Crippen LogP contribution in [0.25, 0.3) is 11.4 Å². The molecule has 0 bridgehead atoms. The number of imidazole rings is 1. The van der Waals surface area contributed by atoms with Crippen LogP contribution in [-0.4, -0.2) is 49.4 Å². The van der Waals surface area contributed by atoms with Crippen molar-refractivity contribution in [1.82, 2.24) is 9.55 Å². The van der Waals surface area contributed by atoms with Crippen molar-refractivity contribution in [3.05, 3.63) is 59.0 Å². The minimum atomic E-state index is -1.13. The van der Waals surface area contributed by atoms with Crippen molar-refractivity contribution in [3.8, 4) is 35.0 Å². The van der Waals surface area contributed by atoms with Crippen molar-refractivity contribution in [2.45, 2.75) is 32.5 Å². The summed E-state index contributed by atoms with van der Waals surface area (Å²) in [4.78, 5) is 17.0. The average molecular weight is 468 g/mol. The number of hydrogen-bond acceptors (Lipinski definition) is 6. The van der Waals surface area contributed by atoms with E-state index in [9.17, 15) is 9.90 Å². The van der Waals surface area contributed by atoms with Gasteiger partial charge in [-0.25, -0.2) is 4.98 Å². The first kappa shape index (κ1) is 22.3. The number of nitrogens with zero attached hydrogens (tertiary/aromatic N) is 5. The molecule has 3 aliphatic rings. The van der Waals surface area contributed by atoms with Gasteiger partial charge >= 0.3 is 0 Å². The summed E-state index contributed by atoms with van der Waals surface area (Å²) in [5.41, 5.74) is 8.08. The quantitative estimate of drug-likeness (QED) is 0.525. The largest absolute Gasteiger partial charge is 0.491 e. The van der Waals surface area contributed by atoms with Gasteiger partial charge in [-0.1, -0.05) is 22.6 Å². The first-order valence-electron chi connectivity index (χ1n) is 11.1. The molecule has 9 nitrogen and oxygen atoms in total. The minimum absolute atomic E-state index is 0.0309. The van der Waals surface area contributed by atoms with Crippen molar-refractivity contribution in [3.63, 3.8) is 0 Å². The van der Waals surface area contributed by atoms with Gasteiger partial charge in [-0.3, -0.25) is 4.79 Å². The minimum Gasteiger partial charge on any atom is -0.491 e. The van der Waals surface area contributed by atoms with Gasteiger partial charge in [-0.15, -0.1) is 0 Å². The Morgan fingerprint density at radius 2 is 2.26 bits per heavy atom. The zero-order valence-corrected chi connectivity index (χ0v) is 19.3. The Bertz CT molecular complexity index is 1480. The van der Waals surface area contributed by atoms with Gasteiger partial charge in [0.05, 0.1) is 23.8 Å². The van der Waals surface area contributed by atoms with Crippen LogP contribution in [-0.2, 0) is 13.1 Å². The van der Waals surface area contributed by atoms with Crippen LogP contribution in [0.3, 0.4) is 0 Å². The van der Waals surface area contributed by atoms with Crippen LogP contribution in [0.2, 0.25) is 0 Å². The van der Waals surface area contributed by atoms with Gasteiger partial charge in [0.2, 0.25) is 6.54 Å². The molecule has 174 valence electrons. The molecule has 2 aromatic rings. The maximum absolute atomic E-state index is 12.4. The van der Waals surface area contributed by atoms with Gasteiger partial charge in [0.1, 0.15) is 41.1 Å². The number of hydrazone groups is 1. The first-order chi connectivity index (χ1) is 16.7. The fourth-order valence-electron chi connectivity index (χ4n) is 4.18. The molecular weight excluding hydrogens is 444 g/mol. The number of primary amides is 1. The third-order valence-corrected chi connectivity index (χ3v) is 5.76. The van der Waals surface area contributed by atoms with Crippen LogP contribution >= 0.6 is 0 Å². The van der Waals surface area contributed by atoms with Gasteiger partial charge in [-0.2, -0.15) is 5.26 Å². The number of aliphatic hydroxyl groups is 1. The molecule has 1 aromatic heterocycles. The van der Waals surface area contributed by atoms with E-state index in [0.717, 1.165) is 5.71 Å². The molecule has 1 aliphatic carbocycles. The van der Waals surface area contributed by atoms with Gasteiger partial charge < -0.3 is 20.1 Å². The lowest BCUT2D eigenvalue weighted by molar-refractivity contribution is -0.543. The zero-order valence-electron chi connectivity index (χ0n) is 19.3. The lowest BCUT2D eigenvalue weighted by Crippen LogP contribution is -2.19. The van der Waals surface area contributed by atoms with Crippen LogP contribution in [0.1, 0.15) is 35.6 Å². The van der Waals surface area contributed by atoms with Crippen molar-refractivity contribution >= 4 is 17.8 Å². The second-order valence-corrected chi connectivity index (χ2v) is 8.98. The predicted molar refractivity (Wildman–Crippen MR) is 129 cm³/mol. The molecule has 0 radical (unpaired) electrons. The van der Waals surface area contributed by atoms with Crippen LogP contribution in [0, 0.1) is 29.1 Å². The lowest BCUT2D eigenvalue weighted by Gasteiger charge is -2.08. The van der Waals surface area contributed by atoms with Crippen LogP contribution in [0.4, 0.5) is 0 Å². The number of carbonyl (C=O) groups is 1. The molecule has 1 amide bonds. The Hall–Kier alpha value is -4.47. The van der Waals surface area contributed by atoms with Crippen molar-refractivity contribution in [2.24, 2.45) is 16.8 Å². The maximum atomic E-state index is 12.4. The molecule has 0 fully saturated rings. The third kappa shape index (κ3) is 4.37. The molecular formula is C26H23N6O3+. The number of rotatable bonds is 3. The van der Waals surface area contributed by atoms with Gasteiger partial charge in [-0.05, 0) is 49.3 Å². The SMILES string of the molecule is CC(C)(O)C#Cc1ccc2c(c1)-c1nc(C(N)=O)c(C[N+]3=CC4C=CC(C#N)=CC4=N3)n1CCO2. The topological polar surface area (TPSA) is 130 Å². The Kier molecular flexibility index (Phi) is 5.35. The predicted octanol–water partition coefficient (Wildman–Crippen LogP) is 1.75. The standard InChI is InChI=1S/C26H22N6O3/c1-26(2,34)8-7-16-4-6-22-19(11-16)25-29-23(24(28)33)21(32(25)9-10-35-22)15-31-14-18-5-3-17(13-27)12-20(18)30-31/h3-6,11-12,14,18,34H,9-10,15H2,1-2H3,(H-,28,33)/p+1. The van der Waals surface area contributed by atoms with Crippen LogP contribution in [0.5, 0.6) is 5.75 Å². The van der Waals surface area contributed by atoms with E-state index in [-0.39, 0.29) is 18.2 Å². The van der Waals surface area contributed by atoms with Crippen LogP contribution < -0.4 is 10.5 Å². The van der Waals surface area contributed by atoms with Crippen LogP contribution in [0.15, 0.2) is 47.1 Å². The highest BCUT2D eigenvalue weighted by atomic mass is 16.5. The molecule has 35 heavy (non-hydrogen) atoms. The van der Waals surface area contributed by atoms with E-state index in [4.69, 9.17) is 15.7 Å². The number of nitriles is 1. The zero-order chi connectivity index (χ0) is 24.7. The van der Waals surface area contributed by atoms with Gasteiger partial charge in [0.25, 0.3) is 5.91 Å². The Morgan fingerprint density at radius 1 is 1.43 bits per heavy atom. The number of aromatic nitrogens is 2. The number of ether oxygens (including phenoxy) is 1. The van der Waals surface area contributed by atoms with E-state index >= 15 is 0 Å². The number of fused-ring (bicyclic) bond motifs is 4. The monoisotopic (exact) mass is 467 g/mol. The van der Waals surface area contributed by atoms with Crippen molar-refractivity contribution in [2.75, 3.05) is 6.61 Å². The summed E-state index contributed by atoms with van der Waals surface area (Å²) < 4.78 is 9.62. The highest BCUT2D eigenvalue weighted by Gasteiger charge is 2.32. The lowest BCUT2D eigenvalue weighted by atomic mass is 9.97. The molecule has 0 saturated heterocycles. The van der Waals surface area contributed by atoms with E-state index < -0.39 is 11.5 Å². The summed E-state index contributed by atoms with van der Waals surface area (Å²) in [5.74, 6) is 6.31. The number of benzene rings is 1. The Labute approximate surface area is 202 Å². The first-order valence-corrected chi connectivity index (χ1v) is 11.1. The smallest absolute Gasteiger partial charge is 0.269 e. The fraction of sp³-hybridized carbons (Fsp3) is 0.269. The van der Waals surface area contributed by atoms with Crippen molar-refractivity contribution < 1.29 is 19.3 Å². The Morgan fingerprint density at radius 3 is 3.00 bits per heavy atom. The molecule has 5 rings (SSSR count). The molecule has 0 spiro atoms. The summed E-state index contributed by atoms with van der Waals surface area (Å²) in [6.07, 6.45) is 7.39. The number of allylic oxidation sites excluding steroid dienone is 4. The molecule has 3 N–H and O–H groups in total. The van der Waals surface area contributed by atoms with E-state index in [2.05, 4.69) is 28.0 Å². The summed E-state index contributed by atoms with van der Waals surface area (Å²) in [5, 5.41) is 23.7. The van der Waals surface area contributed by atoms with E-state index in [1.807, 2.05) is 35.1 Å². The number of hydrogen-bond donors (Lipinski definition) is 2. The normalized spacial score (nSPS) is 17.8. The summed E-state index contributed by atoms with van der Waals surface area (Å²) in [6.45, 7) is 4.37. The molecule has 1 aromatic carbocycles. The molecule has 3 heterocycles. The third-order valence-electron chi connectivity index (χ3n) is 5.76. The number of nitrogens with two attached hydrogens (primary N) is 1. The molecule has 1 unspecified atom stereocenters. The maximum Gasteiger partial charge on any atom is 0.269 e. The second-order valence-electron chi connectivity index (χ2n) is 8.98. The average Bonchev–Trinajstić information content (AvgIpc) is 3.33. The summed E-state index contributed by atoms with van der Waals surface area (Å²) in [6, 6.07) is 7.60. The van der Waals surface area contributed by atoms with E-state index in [1.165, 1.54) is 0 Å². The van der Waals surface area contributed by atoms with Crippen molar-refractivity contribution in [1.29, 1.82) is 5.26 Å². The Balaban J connectivity index is 1.57. The van der Waals surface area contributed by atoms with Gasteiger partial charge in [0, 0.05) is 5.56 Å². The molecule has 0 saturated carbocycles. The highest BCUT2D eigenvalue weighted by molar-refractivity contribution is 6.09. The molecule has 2 aliphatic heterocycles. The van der Waals surface area contributed by atoms with Gasteiger partial charge in [0.15, 0.2) is 11.9 Å². The number of carbonyl (C=O) groups excluding carboxylic acids is 1. The fourth-order valence-corrected chi connectivity index (χ4v) is 4.18. The van der Waals surface area contributed by atoms with E-state index in [0.29, 0.717) is 47.1 Å². The number of amides is 1. The molecule has 1 atom stereocenters. The summed E-state index contributed by atoms with van der Waals surface area (Å²) in [7, 11) is 0.